The van der Waals surface area contributed by atoms with Crippen molar-refractivity contribution >= 4 is 11.6 Å². The molecule has 0 radical (unpaired) electrons. The molecule has 0 aliphatic carbocycles. The molecule has 3 aromatic rings. The van der Waals surface area contributed by atoms with Gasteiger partial charge in [-0.15, -0.1) is 10.2 Å². The van der Waals surface area contributed by atoms with Crippen LogP contribution in [-0.2, 0) is 6.18 Å². The molecule has 0 unspecified atom stereocenters. The summed E-state index contributed by atoms with van der Waals surface area (Å²) in [7, 11) is 0. The highest BCUT2D eigenvalue weighted by molar-refractivity contribution is 6.29. The average molecular weight is 372 g/mol. The minimum absolute atomic E-state index is 0.000839. The predicted molar refractivity (Wildman–Crippen MR) is 78.6 cm³/mol. The molecule has 0 bridgehead atoms. The smallest absolute Gasteiger partial charge is 0.435 e. The van der Waals surface area contributed by atoms with E-state index in [1.807, 2.05) is 0 Å². The van der Waals surface area contributed by atoms with Crippen LogP contribution in [0.15, 0.2) is 35.0 Å². The molecule has 3 rings (SSSR count). The second-order valence-corrected chi connectivity index (χ2v) is 5.22. The van der Waals surface area contributed by atoms with E-state index < -0.39 is 18.0 Å². The van der Waals surface area contributed by atoms with Crippen molar-refractivity contribution < 1.29 is 22.4 Å². The van der Waals surface area contributed by atoms with Crippen LogP contribution in [0.5, 0.6) is 5.75 Å². The van der Waals surface area contributed by atoms with E-state index in [1.165, 1.54) is 6.20 Å². The van der Waals surface area contributed by atoms with E-state index in [4.69, 9.17) is 20.9 Å². The number of hydrogen-bond acceptors (Lipinski definition) is 7. The van der Waals surface area contributed by atoms with Crippen molar-refractivity contribution in [3.05, 3.63) is 47.2 Å². The maximum absolute atomic E-state index is 12.5. The number of alkyl halides is 3. The molecular weight excluding hydrogens is 363 g/mol. The molecule has 0 spiro atoms. The Morgan fingerprint density at radius 1 is 1.16 bits per heavy atom. The quantitative estimate of drug-likeness (QED) is 0.646. The molecular formula is C14H9ClF3N5O2. The van der Waals surface area contributed by atoms with Crippen molar-refractivity contribution in [3.8, 4) is 17.3 Å². The summed E-state index contributed by atoms with van der Waals surface area (Å²) in [5.74, 6) is 0.554. The molecule has 25 heavy (non-hydrogen) atoms. The molecule has 0 aromatic carbocycles. The second-order valence-electron chi connectivity index (χ2n) is 4.83. The first-order valence-corrected chi connectivity index (χ1v) is 7.24. The van der Waals surface area contributed by atoms with Crippen LogP contribution in [0.25, 0.3) is 11.5 Å². The fraction of sp³-hybridized carbons (Fsp3) is 0.214. The van der Waals surface area contributed by atoms with Gasteiger partial charge >= 0.3 is 6.18 Å². The topological polar surface area (TPSA) is 86.8 Å². The summed E-state index contributed by atoms with van der Waals surface area (Å²) in [6.45, 7) is 1.66. The van der Waals surface area contributed by atoms with E-state index in [0.29, 0.717) is 10.9 Å². The molecule has 1 atom stereocenters. The molecule has 0 fully saturated rings. The zero-order valence-corrected chi connectivity index (χ0v) is 13.3. The first kappa shape index (κ1) is 17.1. The van der Waals surface area contributed by atoms with E-state index in [9.17, 15) is 13.2 Å². The summed E-state index contributed by atoms with van der Waals surface area (Å²) in [5.41, 5.74) is -1.06. The third-order valence-electron chi connectivity index (χ3n) is 2.99. The van der Waals surface area contributed by atoms with Gasteiger partial charge in [0.1, 0.15) is 16.6 Å². The summed E-state index contributed by atoms with van der Waals surface area (Å²) in [5, 5.41) is 10.6. The zero-order chi connectivity index (χ0) is 18.0. The maximum atomic E-state index is 12.5. The van der Waals surface area contributed by atoms with Gasteiger partial charge in [0, 0.05) is 0 Å². The number of ether oxygens (including phenoxy) is 1. The van der Waals surface area contributed by atoms with Crippen LogP contribution in [-0.4, -0.2) is 25.3 Å². The lowest BCUT2D eigenvalue weighted by atomic mass is 10.3. The average Bonchev–Trinajstić information content (AvgIpc) is 3.06. The second kappa shape index (κ2) is 6.63. The number of pyridine rings is 1. The highest BCUT2D eigenvalue weighted by Gasteiger charge is 2.33. The Morgan fingerprint density at radius 2 is 1.96 bits per heavy atom. The fourth-order valence-electron chi connectivity index (χ4n) is 1.79. The van der Waals surface area contributed by atoms with Crippen LogP contribution >= 0.6 is 11.6 Å². The number of hydrogen-bond donors (Lipinski definition) is 0. The molecule has 11 heteroatoms. The van der Waals surface area contributed by atoms with E-state index in [-0.39, 0.29) is 17.4 Å². The van der Waals surface area contributed by atoms with Crippen LogP contribution in [0.2, 0.25) is 5.15 Å². The van der Waals surface area contributed by atoms with Crippen molar-refractivity contribution in [2.45, 2.75) is 19.2 Å². The lowest BCUT2D eigenvalue weighted by Gasteiger charge is -2.09. The fourth-order valence-corrected chi connectivity index (χ4v) is 1.91. The first-order chi connectivity index (χ1) is 11.8. The van der Waals surface area contributed by atoms with Gasteiger partial charge in [-0.3, -0.25) is 0 Å². The van der Waals surface area contributed by atoms with Gasteiger partial charge in [0.25, 0.3) is 5.89 Å². The Balaban J connectivity index is 1.74. The number of rotatable bonds is 4. The molecule has 0 saturated carbocycles. The summed E-state index contributed by atoms with van der Waals surface area (Å²) >= 11 is 5.68. The molecule has 0 amide bonds. The Morgan fingerprint density at radius 3 is 2.56 bits per heavy atom. The molecule has 0 aliphatic rings. The third kappa shape index (κ3) is 4.02. The highest BCUT2D eigenvalue weighted by atomic mass is 35.5. The molecule has 3 heterocycles. The van der Waals surface area contributed by atoms with Crippen LogP contribution < -0.4 is 4.74 Å². The van der Waals surface area contributed by atoms with Crippen LogP contribution in [0.1, 0.15) is 24.6 Å². The van der Waals surface area contributed by atoms with Gasteiger partial charge in [-0.1, -0.05) is 16.8 Å². The largest absolute Gasteiger partial charge is 0.479 e. The van der Waals surface area contributed by atoms with Gasteiger partial charge < -0.3 is 9.26 Å². The van der Waals surface area contributed by atoms with Crippen molar-refractivity contribution in [1.82, 2.24) is 25.3 Å². The van der Waals surface area contributed by atoms with E-state index >= 15 is 0 Å². The summed E-state index contributed by atoms with van der Waals surface area (Å²) in [6.07, 6.45) is -3.76. The summed E-state index contributed by atoms with van der Waals surface area (Å²) < 4.78 is 48.1. The van der Waals surface area contributed by atoms with E-state index in [1.54, 1.807) is 19.1 Å². The molecule has 7 nitrogen and oxygen atoms in total. The minimum atomic E-state index is -4.57. The Kier molecular flexibility index (Phi) is 4.53. The molecule has 0 N–H and O–H groups in total. The Labute approximate surface area is 143 Å². The summed E-state index contributed by atoms with van der Waals surface area (Å²) in [4.78, 5) is 7.92. The van der Waals surface area contributed by atoms with E-state index in [2.05, 4.69) is 25.3 Å². The lowest BCUT2D eigenvalue weighted by Crippen LogP contribution is -2.09. The normalized spacial score (nSPS) is 12.8. The zero-order valence-electron chi connectivity index (χ0n) is 12.5. The van der Waals surface area contributed by atoms with Crippen molar-refractivity contribution in [2.75, 3.05) is 0 Å². The van der Waals surface area contributed by atoms with Gasteiger partial charge in [-0.25, -0.2) is 4.98 Å². The predicted octanol–water partition coefficient (Wildman–Crippen LogP) is 3.73. The summed E-state index contributed by atoms with van der Waals surface area (Å²) in [6, 6.07) is 5.07. The molecule has 0 saturated heterocycles. The van der Waals surface area contributed by atoms with Crippen molar-refractivity contribution in [2.24, 2.45) is 0 Å². The van der Waals surface area contributed by atoms with Crippen molar-refractivity contribution in [3.63, 3.8) is 0 Å². The highest BCUT2D eigenvalue weighted by Crippen LogP contribution is 2.28. The minimum Gasteiger partial charge on any atom is -0.479 e. The van der Waals surface area contributed by atoms with Gasteiger partial charge in [0.05, 0.1) is 6.20 Å². The third-order valence-corrected chi connectivity index (χ3v) is 3.21. The van der Waals surface area contributed by atoms with Crippen LogP contribution in [0, 0.1) is 0 Å². The maximum Gasteiger partial charge on any atom is 0.435 e. The molecule has 130 valence electrons. The molecule has 0 aliphatic heterocycles. The standard InChI is InChI=1S/C14H9ClF3N5O2/c1-7(24-8-2-5-11(15)19-6-8)13-20-12(23-25-13)9-3-4-10(22-21-9)14(16,17)18/h2-7H,1H3/t7-/m0/s1. The number of aromatic nitrogens is 5. The van der Waals surface area contributed by atoms with Crippen LogP contribution in [0.3, 0.4) is 0 Å². The SMILES string of the molecule is C[C@H](Oc1ccc(Cl)nc1)c1nc(-c2ccc(C(F)(F)F)nn2)no1. The Bertz CT molecular complexity index is 852. The Hall–Kier alpha value is -2.75. The number of nitrogens with zero attached hydrogens (tertiary/aromatic N) is 5. The van der Waals surface area contributed by atoms with E-state index in [0.717, 1.165) is 12.1 Å². The molecule has 3 aromatic heterocycles. The van der Waals surface area contributed by atoms with Gasteiger partial charge in [-0.05, 0) is 31.2 Å². The van der Waals surface area contributed by atoms with Gasteiger partial charge in [0.15, 0.2) is 11.8 Å². The van der Waals surface area contributed by atoms with Gasteiger partial charge in [0.2, 0.25) is 5.82 Å². The van der Waals surface area contributed by atoms with Crippen LogP contribution in [0.4, 0.5) is 13.2 Å². The monoisotopic (exact) mass is 371 g/mol. The van der Waals surface area contributed by atoms with Crippen molar-refractivity contribution in [1.29, 1.82) is 0 Å². The van der Waals surface area contributed by atoms with Gasteiger partial charge in [-0.2, -0.15) is 18.2 Å². The number of halogens is 4. The lowest BCUT2D eigenvalue weighted by molar-refractivity contribution is -0.141. The first-order valence-electron chi connectivity index (χ1n) is 6.86.